The second kappa shape index (κ2) is 8.34. The van der Waals surface area contributed by atoms with E-state index in [-0.39, 0.29) is 10.9 Å². The molecule has 154 valence electrons. The number of anilines is 1. The Morgan fingerprint density at radius 2 is 1.86 bits per heavy atom. The Hall–Kier alpha value is -2.08. The number of hydrogen-bond donors (Lipinski definition) is 4. The Bertz CT molecular complexity index is 1090. The van der Waals surface area contributed by atoms with Crippen LogP contribution in [0.1, 0.15) is 23.9 Å². The van der Waals surface area contributed by atoms with Gasteiger partial charge in [0, 0.05) is 25.3 Å². The number of fused-ring (bicyclic) bond motifs is 1. The molecule has 29 heavy (non-hydrogen) atoms. The van der Waals surface area contributed by atoms with Gasteiger partial charge in [-0.1, -0.05) is 41.7 Å². The summed E-state index contributed by atoms with van der Waals surface area (Å²) in [6, 6.07) is 12.7. The molecule has 2 aromatic carbocycles. The molecule has 0 spiro atoms. The van der Waals surface area contributed by atoms with Gasteiger partial charge in [-0.05, 0) is 35.7 Å². The first-order chi connectivity index (χ1) is 14.0. The van der Waals surface area contributed by atoms with E-state index in [4.69, 9.17) is 5.21 Å². The summed E-state index contributed by atoms with van der Waals surface area (Å²) in [6.45, 7) is 1.31. The zero-order valence-corrected chi connectivity index (χ0v) is 17.2. The molecule has 1 aliphatic heterocycles. The molecule has 10 heteroatoms. The van der Waals surface area contributed by atoms with Gasteiger partial charge in [0.25, 0.3) is 0 Å². The minimum absolute atomic E-state index is 0.146. The van der Waals surface area contributed by atoms with E-state index < -0.39 is 16.3 Å². The molecule has 1 saturated heterocycles. The molecule has 4 rings (SSSR count). The molecule has 0 bridgehead atoms. The normalized spacial score (nSPS) is 17.0. The first-order valence-electron chi connectivity index (χ1n) is 9.26. The lowest BCUT2D eigenvalue weighted by molar-refractivity contribution is 0.00277. The number of benzene rings is 2. The van der Waals surface area contributed by atoms with Crippen LogP contribution in [0.2, 0.25) is 0 Å². The van der Waals surface area contributed by atoms with Crippen molar-refractivity contribution in [2.75, 3.05) is 18.0 Å². The standard InChI is InChI=1S/C19H22N4O4S2/c24-18(21-25)17-12-20-19(28-17)23-9-7-15(8-10-23)22-29(26,27)16-6-5-13-3-1-2-4-14(13)11-16/h1-6,11-12,15,18,21-22,24-25H,7-10H2. The third-order valence-corrected chi connectivity index (χ3v) is 7.65. The molecular weight excluding hydrogens is 412 g/mol. The number of thiazole rings is 1. The maximum atomic E-state index is 12.8. The number of piperidine rings is 1. The number of aliphatic hydroxyl groups is 1. The fraction of sp³-hybridized carbons (Fsp3) is 0.316. The van der Waals surface area contributed by atoms with Gasteiger partial charge >= 0.3 is 0 Å². The monoisotopic (exact) mass is 434 g/mol. The summed E-state index contributed by atoms with van der Waals surface area (Å²) in [6.07, 6.45) is 1.67. The predicted octanol–water partition coefficient (Wildman–Crippen LogP) is 2.21. The van der Waals surface area contributed by atoms with Crippen LogP contribution in [0.4, 0.5) is 5.13 Å². The van der Waals surface area contributed by atoms with Crippen LogP contribution in [0, 0.1) is 0 Å². The molecular formula is C19H22N4O4S2. The van der Waals surface area contributed by atoms with Gasteiger partial charge in [-0.3, -0.25) is 0 Å². The smallest absolute Gasteiger partial charge is 0.240 e. The maximum absolute atomic E-state index is 12.8. The van der Waals surface area contributed by atoms with Crippen molar-refractivity contribution in [1.82, 2.24) is 15.2 Å². The van der Waals surface area contributed by atoms with Gasteiger partial charge in [0.2, 0.25) is 10.0 Å². The number of nitrogens with zero attached hydrogens (tertiary/aromatic N) is 2. The number of aromatic nitrogens is 1. The number of nitrogens with one attached hydrogen (secondary N) is 2. The maximum Gasteiger partial charge on any atom is 0.240 e. The minimum Gasteiger partial charge on any atom is -0.371 e. The summed E-state index contributed by atoms with van der Waals surface area (Å²) < 4.78 is 28.5. The Morgan fingerprint density at radius 3 is 2.59 bits per heavy atom. The Balaban J connectivity index is 1.40. The zero-order valence-electron chi connectivity index (χ0n) is 15.5. The molecule has 1 fully saturated rings. The van der Waals surface area contributed by atoms with E-state index in [2.05, 4.69) is 14.6 Å². The van der Waals surface area contributed by atoms with E-state index in [0.29, 0.717) is 30.8 Å². The second-order valence-electron chi connectivity index (χ2n) is 6.97. The zero-order chi connectivity index (χ0) is 20.4. The lowest BCUT2D eigenvalue weighted by Crippen LogP contribution is -2.44. The second-order valence-corrected chi connectivity index (χ2v) is 9.72. The largest absolute Gasteiger partial charge is 0.371 e. The van der Waals surface area contributed by atoms with Crippen molar-refractivity contribution in [3.63, 3.8) is 0 Å². The fourth-order valence-electron chi connectivity index (χ4n) is 3.42. The number of hydrogen-bond acceptors (Lipinski definition) is 8. The van der Waals surface area contributed by atoms with Crippen molar-refractivity contribution >= 4 is 37.3 Å². The van der Waals surface area contributed by atoms with Crippen LogP contribution >= 0.6 is 11.3 Å². The van der Waals surface area contributed by atoms with Crippen molar-refractivity contribution in [2.45, 2.75) is 30.0 Å². The van der Waals surface area contributed by atoms with Crippen molar-refractivity contribution in [2.24, 2.45) is 0 Å². The Labute approximate surface area is 172 Å². The van der Waals surface area contributed by atoms with Gasteiger partial charge in [-0.2, -0.15) is 5.48 Å². The number of aliphatic hydroxyl groups excluding tert-OH is 1. The first-order valence-corrected chi connectivity index (χ1v) is 11.6. The molecule has 1 aromatic heterocycles. The summed E-state index contributed by atoms with van der Waals surface area (Å²) in [5, 5.41) is 21.0. The van der Waals surface area contributed by atoms with Crippen LogP contribution in [0.25, 0.3) is 10.8 Å². The molecule has 2 heterocycles. The van der Waals surface area contributed by atoms with Gasteiger partial charge < -0.3 is 15.2 Å². The van der Waals surface area contributed by atoms with E-state index in [1.165, 1.54) is 17.5 Å². The van der Waals surface area contributed by atoms with Gasteiger partial charge in [0.1, 0.15) is 0 Å². The first kappa shape index (κ1) is 20.2. The van der Waals surface area contributed by atoms with Gasteiger partial charge in [0.15, 0.2) is 11.4 Å². The molecule has 4 N–H and O–H groups in total. The molecule has 3 aromatic rings. The van der Waals surface area contributed by atoms with E-state index in [1.807, 2.05) is 30.3 Å². The van der Waals surface area contributed by atoms with E-state index in [9.17, 15) is 13.5 Å². The van der Waals surface area contributed by atoms with Crippen molar-refractivity contribution in [3.8, 4) is 0 Å². The van der Waals surface area contributed by atoms with Gasteiger partial charge in [-0.15, -0.1) is 0 Å². The highest BCUT2D eigenvalue weighted by atomic mass is 32.2. The highest BCUT2D eigenvalue weighted by molar-refractivity contribution is 7.89. The average molecular weight is 435 g/mol. The van der Waals surface area contributed by atoms with Crippen molar-refractivity contribution in [3.05, 3.63) is 53.5 Å². The lowest BCUT2D eigenvalue weighted by atomic mass is 10.1. The lowest BCUT2D eigenvalue weighted by Gasteiger charge is -2.32. The van der Waals surface area contributed by atoms with Crippen LogP contribution in [0.15, 0.2) is 53.6 Å². The average Bonchev–Trinajstić information content (AvgIpc) is 3.23. The van der Waals surface area contributed by atoms with Crippen LogP contribution in [-0.4, -0.2) is 42.8 Å². The summed E-state index contributed by atoms with van der Waals surface area (Å²) in [4.78, 5) is 7.12. The van der Waals surface area contributed by atoms with E-state index in [0.717, 1.165) is 15.9 Å². The number of sulfonamides is 1. The highest BCUT2D eigenvalue weighted by Gasteiger charge is 2.26. The fourth-order valence-corrected chi connectivity index (χ4v) is 5.66. The summed E-state index contributed by atoms with van der Waals surface area (Å²) in [5.41, 5.74) is 1.79. The molecule has 0 saturated carbocycles. The van der Waals surface area contributed by atoms with Crippen molar-refractivity contribution in [1.29, 1.82) is 0 Å². The number of rotatable bonds is 6. The third-order valence-electron chi connectivity index (χ3n) is 5.02. The molecule has 1 aliphatic rings. The molecule has 0 amide bonds. The van der Waals surface area contributed by atoms with Crippen molar-refractivity contribution < 1.29 is 18.7 Å². The van der Waals surface area contributed by atoms with Gasteiger partial charge in [0.05, 0.1) is 9.77 Å². The van der Waals surface area contributed by atoms with Crippen LogP contribution < -0.4 is 15.1 Å². The number of hydroxylamine groups is 1. The SMILES string of the molecule is O=S(=O)(NC1CCN(c2ncc(C(O)NO)s2)CC1)c1ccc2ccccc2c1. The summed E-state index contributed by atoms with van der Waals surface area (Å²) in [7, 11) is -3.59. The van der Waals surface area contributed by atoms with Crippen LogP contribution in [0.3, 0.4) is 0 Å². The summed E-state index contributed by atoms with van der Waals surface area (Å²) in [5.74, 6) is 0. The van der Waals surface area contributed by atoms with Crippen LogP contribution in [-0.2, 0) is 10.0 Å². The predicted molar refractivity (Wildman–Crippen MR) is 112 cm³/mol. The summed E-state index contributed by atoms with van der Waals surface area (Å²) >= 11 is 1.29. The molecule has 8 nitrogen and oxygen atoms in total. The topological polar surface area (TPSA) is 115 Å². The van der Waals surface area contributed by atoms with E-state index in [1.54, 1.807) is 17.6 Å². The van der Waals surface area contributed by atoms with Gasteiger partial charge in [-0.25, -0.2) is 18.1 Å². The Morgan fingerprint density at radius 1 is 1.14 bits per heavy atom. The van der Waals surface area contributed by atoms with Crippen LogP contribution in [0.5, 0.6) is 0 Å². The van der Waals surface area contributed by atoms with E-state index >= 15 is 0 Å². The quantitative estimate of drug-likeness (QED) is 0.347. The molecule has 0 radical (unpaired) electrons. The Kier molecular flexibility index (Phi) is 5.81. The molecule has 0 aliphatic carbocycles. The molecule has 1 unspecified atom stereocenters. The molecule has 1 atom stereocenters. The minimum atomic E-state index is -3.59. The third kappa shape index (κ3) is 4.42. The highest BCUT2D eigenvalue weighted by Crippen LogP contribution is 2.28.